The molecule has 2 amide bonds. The zero-order valence-electron chi connectivity index (χ0n) is 13.3. The van der Waals surface area contributed by atoms with E-state index in [1.165, 1.54) is 0 Å². The number of rotatable bonds is 2. The molecule has 3 nitrogen and oxygen atoms in total. The number of hydrogen-bond acceptors (Lipinski definition) is 2. The van der Waals surface area contributed by atoms with Crippen LogP contribution in [0.1, 0.15) is 5.56 Å². The maximum absolute atomic E-state index is 12.9. The SMILES string of the molecule is O=C(NCc1ccc(Cl)cc1)N1c2ccccc2Sc2ccccc21. The highest BCUT2D eigenvalue weighted by molar-refractivity contribution is 7.99. The summed E-state index contributed by atoms with van der Waals surface area (Å²) >= 11 is 7.59. The van der Waals surface area contributed by atoms with Crippen LogP contribution in [0, 0.1) is 0 Å². The van der Waals surface area contributed by atoms with Gasteiger partial charge in [0.1, 0.15) is 0 Å². The first-order valence-electron chi connectivity index (χ1n) is 7.91. The Balaban J connectivity index is 1.62. The van der Waals surface area contributed by atoms with Crippen LogP contribution < -0.4 is 10.2 Å². The smallest absolute Gasteiger partial charge is 0.326 e. The number of hydrogen-bond donors (Lipinski definition) is 1. The van der Waals surface area contributed by atoms with Crippen LogP contribution in [0.2, 0.25) is 5.02 Å². The summed E-state index contributed by atoms with van der Waals surface area (Å²) in [6.07, 6.45) is 0. The summed E-state index contributed by atoms with van der Waals surface area (Å²) < 4.78 is 0. The number of carbonyl (C=O) groups excluding carboxylic acids is 1. The number of nitrogens with zero attached hydrogens (tertiary/aromatic N) is 1. The zero-order chi connectivity index (χ0) is 17.2. The van der Waals surface area contributed by atoms with Gasteiger partial charge in [-0.25, -0.2) is 4.79 Å². The Labute approximate surface area is 155 Å². The van der Waals surface area contributed by atoms with Crippen LogP contribution in [-0.4, -0.2) is 6.03 Å². The Kier molecular flexibility index (Phi) is 4.38. The zero-order valence-corrected chi connectivity index (χ0v) is 14.8. The molecule has 5 heteroatoms. The molecule has 0 radical (unpaired) electrons. The second-order valence-electron chi connectivity index (χ2n) is 5.66. The van der Waals surface area contributed by atoms with Crippen molar-refractivity contribution < 1.29 is 4.79 Å². The number of halogens is 1. The van der Waals surface area contributed by atoms with Gasteiger partial charge in [0, 0.05) is 21.4 Å². The average molecular weight is 367 g/mol. The number of anilines is 2. The first-order chi connectivity index (χ1) is 12.2. The number of amides is 2. The number of para-hydroxylation sites is 2. The molecule has 0 saturated carbocycles. The third-order valence-electron chi connectivity index (χ3n) is 3.99. The fourth-order valence-electron chi connectivity index (χ4n) is 2.78. The van der Waals surface area contributed by atoms with Crippen LogP contribution in [0.4, 0.5) is 16.2 Å². The molecule has 124 valence electrons. The lowest BCUT2D eigenvalue weighted by Gasteiger charge is -2.31. The first kappa shape index (κ1) is 16.1. The molecule has 0 saturated heterocycles. The van der Waals surface area contributed by atoms with Gasteiger partial charge in [-0.2, -0.15) is 0 Å². The summed E-state index contributed by atoms with van der Waals surface area (Å²) in [6.45, 7) is 0.448. The van der Waals surface area contributed by atoms with Gasteiger partial charge in [-0.15, -0.1) is 0 Å². The minimum absolute atomic E-state index is 0.143. The van der Waals surface area contributed by atoms with Gasteiger partial charge in [-0.3, -0.25) is 4.90 Å². The second kappa shape index (κ2) is 6.82. The van der Waals surface area contributed by atoms with Gasteiger partial charge >= 0.3 is 6.03 Å². The fraction of sp³-hybridized carbons (Fsp3) is 0.0500. The highest BCUT2D eigenvalue weighted by Gasteiger charge is 2.27. The maximum Gasteiger partial charge on any atom is 0.326 e. The van der Waals surface area contributed by atoms with E-state index >= 15 is 0 Å². The molecule has 3 aromatic rings. The van der Waals surface area contributed by atoms with Crippen LogP contribution in [0.3, 0.4) is 0 Å². The predicted molar refractivity (Wildman–Crippen MR) is 103 cm³/mol. The number of benzene rings is 3. The molecular formula is C20H15ClN2OS. The monoisotopic (exact) mass is 366 g/mol. The standard InChI is InChI=1S/C20H15ClN2OS/c21-15-11-9-14(10-12-15)13-22-20(24)23-16-5-1-3-7-18(16)25-19-8-4-2-6-17(19)23/h1-12H,13H2,(H,22,24). The maximum atomic E-state index is 12.9. The van der Waals surface area contributed by atoms with E-state index in [1.807, 2.05) is 72.8 Å². The molecule has 1 aliphatic heterocycles. The minimum atomic E-state index is -0.143. The number of fused-ring (bicyclic) bond motifs is 2. The molecule has 1 heterocycles. The normalized spacial score (nSPS) is 12.3. The van der Waals surface area contributed by atoms with Crippen LogP contribution in [0.15, 0.2) is 82.6 Å². The second-order valence-corrected chi connectivity index (χ2v) is 7.18. The Hall–Kier alpha value is -2.43. The summed E-state index contributed by atoms with van der Waals surface area (Å²) in [5, 5.41) is 3.69. The lowest BCUT2D eigenvalue weighted by molar-refractivity contribution is 0.248. The fourth-order valence-corrected chi connectivity index (χ4v) is 3.97. The molecule has 25 heavy (non-hydrogen) atoms. The Morgan fingerprint density at radius 1 is 0.880 bits per heavy atom. The van der Waals surface area contributed by atoms with E-state index < -0.39 is 0 Å². The van der Waals surface area contributed by atoms with E-state index in [-0.39, 0.29) is 6.03 Å². The van der Waals surface area contributed by atoms with Crippen molar-refractivity contribution >= 4 is 40.8 Å². The van der Waals surface area contributed by atoms with Gasteiger partial charge in [0.05, 0.1) is 11.4 Å². The van der Waals surface area contributed by atoms with Crippen molar-refractivity contribution in [2.75, 3.05) is 4.90 Å². The topological polar surface area (TPSA) is 32.3 Å². The van der Waals surface area contributed by atoms with E-state index in [9.17, 15) is 4.79 Å². The lowest BCUT2D eigenvalue weighted by Crippen LogP contribution is -2.37. The summed E-state index contributed by atoms with van der Waals surface area (Å²) in [5.74, 6) is 0. The van der Waals surface area contributed by atoms with E-state index in [0.29, 0.717) is 11.6 Å². The quantitative estimate of drug-likeness (QED) is 0.616. The van der Waals surface area contributed by atoms with Crippen molar-refractivity contribution in [3.8, 4) is 0 Å². The first-order valence-corrected chi connectivity index (χ1v) is 9.10. The summed E-state index contributed by atoms with van der Waals surface area (Å²) in [6, 6.07) is 23.2. The summed E-state index contributed by atoms with van der Waals surface area (Å²) in [7, 11) is 0. The molecule has 0 aromatic heterocycles. The van der Waals surface area contributed by atoms with Crippen LogP contribution in [0.25, 0.3) is 0 Å². The Bertz CT molecular complexity index is 881. The van der Waals surface area contributed by atoms with Gasteiger partial charge in [0.15, 0.2) is 0 Å². The highest BCUT2D eigenvalue weighted by Crippen LogP contribution is 2.47. The molecular weight excluding hydrogens is 352 g/mol. The van der Waals surface area contributed by atoms with E-state index in [0.717, 1.165) is 26.7 Å². The molecule has 1 N–H and O–H groups in total. The molecule has 3 aromatic carbocycles. The van der Waals surface area contributed by atoms with Crippen molar-refractivity contribution in [1.29, 1.82) is 0 Å². The van der Waals surface area contributed by atoms with Gasteiger partial charge in [0.25, 0.3) is 0 Å². The van der Waals surface area contributed by atoms with Crippen LogP contribution in [-0.2, 0) is 6.54 Å². The third kappa shape index (κ3) is 3.23. The molecule has 0 aliphatic carbocycles. The summed E-state index contributed by atoms with van der Waals surface area (Å²) in [4.78, 5) is 16.8. The third-order valence-corrected chi connectivity index (χ3v) is 5.37. The molecule has 0 atom stereocenters. The van der Waals surface area contributed by atoms with Crippen molar-refractivity contribution in [2.24, 2.45) is 0 Å². The number of nitrogens with one attached hydrogen (secondary N) is 1. The molecule has 0 bridgehead atoms. The van der Waals surface area contributed by atoms with Gasteiger partial charge in [-0.05, 0) is 42.0 Å². The van der Waals surface area contributed by atoms with Crippen LogP contribution >= 0.6 is 23.4 Å². The lowest BCUT2D eigenvalue weighted by atomic mass is 10.2. The largest absolute Gasteiger partial charge is 0.333 e. The Morgan fingerprint density at radius 3 is 2.04 bits per heavy atom. The predicted octanol–water partition coefficient (Wildman–Crippen LogP) is 5.85. The average Bonchev–Trinajstić information content (AvgIpc) is 2.65. The van der Waals surface area contributed by atoms with Gasteiger partial charge in [-0.1, -0.05) is 59.8 Å². The molecule has 0 unspecified atom stereocenters. The molecule has 4 rings (SSSR count). The van der Waals surface area contributed by atoms with Crippen molar-refractivity contribution in [3.05, 3.63) is 83.4 Å². The molecule has 1 aliphatic rings. The van der Waals surface area contributed by atoms with E-state index in [4.69, 9.17) is 11.6 Å². The number of urea groups is 1. The van der Waals surface area contributed by atoms with Gasteiger partial charge < -0.3 is 5.32 Å². The number of carbonyl (C=O) groups is 1. The van der Waals surface area contributed by atoms with Crippen molar-refractivity contribution in [2.45, 2.75) is 16.3 Å². The highest BCUT2D eigenvalue weighted by atomic mass is 35.5. The van der Waals surface area contributed by atoms with E-state index in [1.54, 1.807) is 16.7 Å². The van der Waals surface area contributed by atoms with E-state index in [2.05, 4.69) is 5.32 Å². The molecule has 0 fully saturated rings. The summed E-state index contributed by atoms with van der Waals surface area (Å²) in [5.41, 5.74) is 2.81. The Morgan fingerprint density at radius 2 is 1.44 bits per heavy atom. The van der Waals surface area contributed by atoms with Crippen molar-refractivity contribution in [3.63, 3.8) is 0 Å². The minimum Gasteiger partial charge on any atom is -0.333 e. The molecule has 0 spiro atoms. The van der Waals surface area contributed by atoms with Gasteiger partial charge in [0.2, 0.25) is 0 Å². The van der Waals surface area contributed by atoms with Crippen molar-refractivity contribution in [1.82, 2.24) is 5.32 Å². The van der Waals surface area contributed by atoms with Crippen LogP contribution in [0.5, 0.6) is 0 Å².